The summed E-state index contributed by atoms with van der Waals surface area (Å²) in [5.41, 5.74) is 0. The summed E-state index contributed by atoms with van der Waals surface area (Å²) in [6.45, 7) is 2.62. The van der Waals surface area contributed by atoms with E-state index in [1.807, 2.05) is 0 Å². The van der Waals surface area contributed by atoms with Gasteiger partial charge in [-0.2, -0.15) is 0 Å². The number of ether oxygens (including phenoxy) is 3. The normalized spacial score (nSPS) is 7.50. The van der Waals surface area contributed by atoms with Crippen LogP contribution in [0.25, 0.3) is 0 Å². The second kappa shape index (κ2) is 22.8. The zero-order chi connectivity index (χ0) is 6.95. The fraction of sp³-hybridized carbons (Fsp3) is 1.00. The first-order valence-electron chi connectivity index (χ1n) is 2.97. The Bertz CT molecular complexity index is 54.1. The molecule has 0 rings (SSSR count). The maximum Gasteiger partial charge on any atom is 2.00 e. The van der Waals surface area contributed by atoms with Crippen molar-refractivity contribution in [3.05, 3.63) is 0 Å². The van der Waals surface area contributed by atoms with Gasteiger partial charge in [0, 0.05) is 14.2 Å². The van der Waals surface area contributed by atoms with Crippen molar-refractivity contribution in [2.24, 2.45) is 0 Å². The Morgan fingerprint density at radius 2 is 1.08 bits per heavy atom. The van der Waals surface area contributed by atoms with Gasteiger partial charge in [-0.15, -0.1) is 0 Å². The summed E-state index contributed by atoms with van der Waals surface area (Å²) in [7, 11) is 3.30. The minimum atomic E-state index is 0. The fourth-order valence-electron chi connectivity index (χ4n) is 0.387. The van der Waals surface area contributed by atoms with Gasteiger partial charge in [0.2, 0.25) is 0 Å². The first-order valence-corrected chi connectivity index (χ1v) is 2.97. The second-order valence-corrected chi connectivity index (χ2v) is 1.60. The zero-order valence-electron chi connectivity index (χ0n) is 7.52. The first kappa shape index (κ1) is 23.2. The number of halogens is 2. The SMILES string of the molecule is COCCOCCOC.[Cl-].[Cl-].[Mg+2]. The van der Waals surface area contributed by atoms with E-state index in [1.54, 1.807) is 14.2 Å². The van der Waals surface area contributed by atoms with Gasteiger partial charge in [0.05, 0.1) is 26.4 Å². The predicted octanol–water partition coefficient (Wildman–Crippen LogP) is -6.08. The van der Waals surface area contributed by atoms with Crippen LogP contribution in [-0.4, -0.2) is 63.7 Å². The number of rotatable bonds is 6. The van der Waals surface area contributed by atoms with Crippen LogP contribution in [0.4, 0.5) is 0 Å². The largest absolute Gasteiger partial charge is 2.00 e. The van der Waals surface area contributed by atoms with E-state index in [0.717, 1.165) is 0 Å². The quantitative estimate of drug-likeness (QED) is 0.335. The summed E-state index contributed by atoms with van der Waals surface area (Å²) in [5.74, 6) is 0. The molecule has 0 spiro atoms. The molecular weight excluding hydrogens is 215 g/mol. The second-order valence-electron chi connectivity index (χ2n) is 1.60. The van der Waals surface area contributed by atoms with Crippen LogP contribution in [0.1, 0.15) is 0 Å². The standard InChI is InChI=1S/C6H14O3.2ClH.Mg/c1-7-3-5-9-6-4-8-2;;;/h3-6H2,1-2H3;2*1H;/q;;;+2/p-2. The Morgan fingerprint density at radius 3 is 1.33 bits per heavy atom. The van der Waals surface area contributed by atoms with Crippen LogP contribution >= 0.6 is 0 Å². The van der Waals surface area contributed by atoms with Crippen LogP contribution in [0.5, 0.6) is 0 Å². The Kier molecular flexibility index (Phi) is 44.1. The topological polar surface area (TPSA) is 27.7 Å². The minimum Gasteiger partial charge on any atom is -1.00 e. The van der Waals surface area contributed by atoms with E-state index in [4.69, 9.17) is 14.2 Å². The Hall–Kier alpha value is 1.23. The van der Waals surface area contributed by atoms with Crippen LogP contribution in [0.2, 0.25) is 0 Å². The molecule has 0 aliphatic heterocycles. The summed E-state index contributed by atoms with van der Waals surface area (Å²) in [5, 5.41) is 0. The Balaban J connectivity index is -0.000000107. The average molecular weight is 229 g/mol. The smallest absolute Gasteiger partial charge is 1.00 e. The van der Waals surface area contributed by atoms with Crippen molar-refractivity contribution in [2.75, 3.05) is 40.6 Å². The molecule has 12 heavy (non-hydrogen) atoms. The molecule has 3 nitrogen and oxygen atoms in total. The van der Waals surface area contributed by atoms with Crippen molar-refractivity contribution in [3.8, 4) is 0 Å². The molecule has 0 unspecified atom stereocenters. The summed E-state index contributed by atoms with van der Waals surface area (Å²) >= 11 is 0. The third-order valence-electron chi connectivity index (χ3n) is 0.864. The molecular formula is C6H14Cl2MgO3. The first-order chi connectivity index (χ1) is 4.41. The molecule has 0 aliphatic carbocycles. The summed E-state index contributed by atoms with van der Waals surface area (Å²) in [6, 6.07) is 0. The van der Waals surface area contributed by atoms with Gasteiger partial charge in [-0.05, 0) is 0 Å². The van der Waals surface area contributed by atoms with E-state index in [9.17, 15) is 0 Å². The Labute approximate surface area is 102 Å². The summed E-state index contributed by atoms with van der Waals surface area (Å²) in [6.07, 6.45) is 0. The molecule has 0 bridgehead atoms. The van der Waals surface area contributed by atoms with Crippen molar-refractivity contribution >= 4 is 23.1 Å². The maximum absolute atomic E-state index is 5.06. The monoisotopic (exact) mass is 228 g/mol. The van der Waals surface area contributed by atoms with Crippen molar-refractivity contribution in [1.82, 2.24) is 0 Å². The molecule has 6 heteroatoms. The van der Waals surface area contributed by atoms with Gasteiger partial charge in [-0.3, -0.25) is 0 Å². The van der Waals surface area contributed by atoms with E-state index in [0.29, 0.717) is 26.4 Å². The average Bonchev–Trinajstić information content (AvgIpc) is 1.89. The van der Waals surface area contributed by atoms with Gasteiger partial charge in [0.25, 0.3) is 0 Å². The molecule has 0 radical (unpaired) electrons. The molecule has 0 aromatic heterocycles. The summed E-state index contributed by atoms with van der Waals surface area (Å²) < 4.78 is 14.6. The molecule has 0 aromatic carbocycles. The molecule has 0 saturated carbocycles. The molecule has 0 aromatic rings. The van der Waals surface area contributed by atoms with Gasteiger partial charge in [-0.1, -0.05) is 0 Å². The third kappa shape index (κ3) is 22.5. The maximum atomic E-state index is 5.06. The molecule has 0 fully saturated rings. The number of hydrogen-bond acceptors (Lipinski definition) is 3. The number of methoxy groups -OCH3 is 2. The van der Waals surface area contributed by atoms with Crippen molar-refractivity contribution in [3.63, 3.8) is 0 Å². The predicted molar refractivity (Wildman–Crippen MR) is 40.3 cm³/mol. The van der Waals surface area contributed by atoms with E-state index < -0.39 is 0 Å². The van der Waals surface area contributed by atoms with Crippen LogP contribution in [0, 0.1) is 0 Å². The molecule has 0 N–H and O–H groups in total. The van der Waals surface area contributed by atoms with E-state index >= 15 is 0 Å². The van der Waals surface area contributed by atoms with Crippen molar-refractivity contribution in [2.45, 2.75) is 0 Å². The van der Waals surface area contributed by atoms with Crippen LogP contribution < -0.4 is 24.8 Å². The fourth-order valence-corrected chi connectivity index (χ4v) is 0.387. The van der Waals surface area contributed by atoms with Crippen LogP contribution in [0.15, 0.2) is 0 Å². The molecule has 0 heterocycles. The van der Waals surface area contributed by atoms with Gasteiger partial charge in [-0.25, -0.2) is 0 Å². The van der Waals surface area contributed by atoms with Gasteiger partial charge < -0.3 is 39.0 Å². The zero-order valence-corrected chi connectivity index (χ0v) is 10.4. The van der Waals surface area contributed by atoms with Crippen molar-refractivity contribution < 1.29 is 39.0 Å². The van der Waals surface area contributed by atoms with E-state index in [1.165, 1.54) is 0 Å². The van der Waals surface area contributed by atoms with Crippen LogP contribution in [-0.2, 0) is 14.2 Å². The molecule has 0 saturated heterocycles. The van der Waals surface area contributed by atoms with Gasteiger partial charge in [0.1, 0.15) is 0 Å². The molecule has 72 valence electrons. The van der Waals surface area contributed by atoms with Crippen LogP contribution in [0.3, 0.4) is 0 Å². The van der Waals surface area contributed by atoms with Crippen molar-refractivity contribution in [1.29, 1.82) is 0 Å². The summed E-state index contributed by atoms with van der Waals surface area (Å²) in [4.78, 5) is 0. The molecule has 0 atom stereocenters. The van der Waals surface area contributed by atoms with Gasteiger partial charge in [0.15, 0.2) is 0 Å². The minimum absolute atomic E-state index is 0. The molecule has 0 amide bonds. The number of hydrogen-bond donors (Lipinski definition) is 0. The van der Waals surface area contributed by atoms with Gasteiger partial charge >= 0.3 is 23.1 Å². The Morgan fingerprint density at radius 1 is 0.750 bits per heavy atom. The van der Waals surface area contributed by atoms with E-state index in [2.05, 4.69) is 0 Å². The molecule has 0 aliphatic rings. The third-order valence-corrected chi connectivity index (χ3v) is 0.864. The van der Waals surface area contributed by atoms with E-state index in [-0.39, 0.29) is 47.9 Å².